The third-order valence-corrected chi connectivity index (χ3v) is 12.5. The molecule has 2 N–H and O–H groups in total. The summed E-state index contributed by atoms with van der Waals surface area (Å²) in [5.41, 5.74) is 24.5. The first kappa shape index (κ1) is 40.7. The Hall–Kier alpha value is -7.74. The Kier molecular flexibility index (Phi) is 11.4. The number of anilines is 1. The molecule has 9 rings (SSSR count). The van der Waals surface area contributed by atoms with Crippen LogP contribution < -0.4 is 5.73 Å². The van der Waals surface area contributed by atoms with E-state index in [0.29, 0.717) is 0 Å². The summed E-state index contributed by atoms with van der Waals surface area (Å²) in [6, 6.07) is 56.6. The highest BCUT2D eigenvalue weighted by Crippen LogP contribution is 2.43. The average molecular weight is 810 g/mol. The summed E-state index contributed by atoms with van der Waals surface area (Å²) in [4.78, 5) is 0. The summed E-state index contributed by atoms with van der Waals surface area (Å²) in [7, 11) is 0. The summed E-state index contributed by atoms with van der Waals surface area (Å²) in [5.74, 6) is 0. The van der Waals surface area contributed by atoms with Crippen molar-refractivity contribution in [1.82, 2.24) is 0 Å². The summed E-state index contributed by atoms with van der Waals surface area (Å²) in [6.07, 6.45) is 18.1. The van der Waals surface area contributed by atoms with Crippen LogP contribution in [-0.4, -0.2) is 0 Å². The SMILES string of the molecule is C=C(/C=C\C=C/C)C1=CC=C(c2cc(-c3ccc(-c4ccccc4)cc3)cc3c(C)c(C(=C\C(=C)c4cc5ccccc5c5ccccc45)/C(C)=C/c4ccccc4N)ccc23)C1. The lowest BCUT2D eigenvalue weighted by Crippen LogP contribution is -1.97. The molecule has 1 nitrogen and oxygen atoms in total. The van der Waals surface area contributed by atoms with E-state index in [9.17, 15) is 0 Å². The van der Waals surface area contributed by atoms with E-state index in [0.717, 1.165) is 51.1 Å². The number of aryl methyl sites for hydroxylation is 1. The fourth-order valence-corrected chi connectivity index (χ4v) is 9.04. The number of rotatable bonds is 11. The minimum Gasteiger partial charge on any atom is -0.398 e. The van der Waals surface area contributed by atoms with Crippen LogP contribution in [0.2, 0.25) is 0 Å². The molecule has 1 aliphatic rings. The van der Waals surface area contributed by atoms with Crippen LogP contribution in [0.3, 0.4) is 0 Å². The normalized spacial score (nSPS) is 13.4. The molecule has 0 unspecified atom stereocenters. The van der Waals surface area contributed by atoms with Gasteiger partial charge in [-0.1, -0.05) is 183 Å². The van der Waals surface area contributed by atoms with Crippen LogP contribution in [-0.2, 0) is 0 Å². The molecule has 0 heterocycles. The zero-order valence-corrected chi connectivity index (χ0v) is 36.3. The molecule has 0 aliphatic heterocycles. The third kappa shape index (κ3) is 8.22. The maximum absolute atomic E-state index is 6.57. The fraction of sp³-hybridized carbons (Fsp3) is 0.0645. The Morgan fingerprint density at radius 3 is 2.00 bits per heavy atom. The molecule has 0 spiro atoms. The van der Waals surface area contributed by atoms with Gasteiger partial charge in [0.1, 0.15) is 0 Å². The number of para-hydroxylation sites is 1. The number of fused-ring (bicyclic) bond motifs is 4. The molecule has 0 saturated heterocycles. The van der Waals surface area contributed by atoms with Gasteiger partial charge in [-0.2, -0.15) is 0 Å². The Morgan fingerprint density at radius 1 is 0.571 bits per heavy atom. The van der Waals surface area contributed by atoms with Crippen LogP contribution >= 0.6 is 0 Å². The predicted octanol–water partition coefficient (Wildman–Crippen LogP) is 17.0. The number of allylic oxidation sites excluding steroid dienone is 13. The molecule has 0 aromatic heterocycles. The predicted molar refractivity (Wildman–Crippen MR) is 276 cm³/mol. The van der Waals surface area contributed by atoms with Crippen LogP contribution in [0.25, 0.3) is 77.4 Å². The zero-order valence-electron chi connectivity index (χ0n) is 36.3. The number of nitrogen functional groups attached to an aromatic ring is 1. The Labute approximate surface area is 372 Å². The van der Waals surface area contributed by atoms with Gasteiger partial charge >= 0.3 is 0 Å². The molecule has 0 amide bonds. The van der Waals surface area contributed by atoms with Gasteiger partial charge in [-0.15, -0.1) is 0 Å². The second-order valence-corrected chi connectivity index (χ2v) is 16.5. The first-order valence-corrected chi connectivity index (χ1v) is 21.7. The lowest BCUT2D eigenvalue weighted by molar-refractivity contribution is 1.30. The largest absolute Gasteiger partial charge is 0.398 e. The van der Waals surface area contributed by atoms with Crippen molar-refractivity contribution in [2.24, 2.45) is 0 Å². The van der Waals surface area contributed by atoms with Crippen molar-refractivity contribution in [3.05, 3.63) is 258 Å². The second-order valence-electron chi connectivity index (χ2n) is 16.5. The van der Waals surface area contributed by atoms with E-state index < -0.39 is 0 Å². The fourth-order valence-electron chi connectivity index (χ4n) is 9.04. The molecule has 1 heteroatoms. The summed E-state index contributed by atoms with van der Waals surface area (Å²) in [6.45, 7) is 15.7. The van der Waals surface area contributed by atoms with E-state index in [-0.39, 0.29) is 0 Å². The first-order valence-electron chi connectivity index (χ1n) is 21.7. The van der Waals surface area contributed by atoms with Crippen molar-refractivity contribution >= 4 is 60.8 Å². The molecule has 0 bridgehead atoms. The van der Waals surface area contributed by atoms with Crippen LogP contribution in [0.1, 0.15) is 48.1 Å². The average Bonchev–Trinajstić information content (AvgIpc) is 3.82. The molecule has 304 valence electrons. The second kappa shape index (κ2) is 17.7. The third-order valence-electron chi connectivity index (χ3n) is 12.5. The van der Waals surface area contributed by atoms with Crippen molar-refractivity contribution in [1.29, 1.82) is 0 Å². The highest BCUT2D eigenvalue weighted by molar-refractivity contribution is 6.13. The van der Waals surface area contributed by atoms with Crippen molar-refractivity contribution in [2.45, 2.75) is 27.2 Å². The van der Waals surface area contributed by atoms with E-state index in [1.54, 1.807) is 0 Å². The van der Waals surface area contributed by atoms with Crippen molar-refractivity contribution in [3.8, 4) is 22.3 Å². The van der Waals surface area contributed by atoms with E-state index >= 15 is 0 Å². The van der Waals surface area contributed by atoms with Crippen molar-refractivity contribution in [3.63, 3.8) is 0 Å². The van der Waals surface area contributed by atoms with Gasteiger partial charge in [0, 0.05) is 5.69 Å². The quantitative estimate of drug-likeness (QED) is 0.0786. The van der Waals surface area contributed by atoms with Gasteiger partial charge in [0.05, 0.1) is 0 Å². The molecular formula is C62H51N. The van der Waals surface area contributed by atoms with Crippen molar-refractivity contribution in [2.75, 3.05) is 5.73 Å². The van der Waals surface area contributed by atoms with Gasteiger partial charge in [0.2, 0.25) is 0 Å². The molecule has 8 aromatic rings. The van der Waals surface area contributed by atoms with Gasteiger partial charge < -0.3 is 5.73 Å². The molecule has 8 aromatic carbocycles. The summed E-state index contributed by atoms with van der Waals surface area (Å²) in [5, 5.41) is 7.29. The minimum atomic E-state index is 0.746. The van der Waals surface area contributed by atoms with Crippen LogP contribution in [0, 0.1) is 6.92 Å². The molecule has 0 radical (unpaired) electrons. The first-order chi connectivity index (χ1) is 30.8. The molecular weight excluding hydrogens is 759 g/mol. The van der Waals surface area contributed by atoms with E-state index in [2.05, 4.69) is 196 Å². The Morgan fingerprint density at radius 2 is 1.24 bits per heavy atom. The molecule has 1 aliphatic carbocycles. The minimum absolute atomic E-state index is 0.746. The van der Waals surface area contributed by atoms with Crippen LogP contribution in [0.15, 0.2) is 230 Å². The Bertz CT molecular complexity index is 3290. The van der Waals surface area contributed by atoms with E-state index in [4.69, 9.17) is 12.3 Å². The molecule has 0 atom stereocenters. The summed E-state index contributed by atoms with van der Waals surface area (Å²) >= 11 is 0. The maximum atomic E-state index is 6.57. The van der Waals surface area contributed by atoms with Crippen LogP contribution in [0.5, 0.6) is 0 Å². The standard InChI is InChI=1S/C62H51N/c1-6-7-9-18-41(2)48-31-32-50(37-48)61-40-52(47-29-27-46(28-30-47)45-19-10-8-11-20-45)39-60-44(5)53(33-34-57(60)61)58(42(3)35-51-22-13-17-26-62(51)63)36-43(4)59-38-49-21-12-14-23-54(49)55-24-15-16-25-56(55)59/h6-36,38-40H,2,4,37,63H2,1,3,5H3/b7-6-,18-9-,42-35+,58-36-. The topological polar surface area (TPSA) is 26.0 Å². The summed E-state index contributed by atoms with van der Waals surface area (Å²) < 4.78 is 0. The highest BCUT2D eigenvalue weighted by Gasteiger charge is 2.20. The van der Waals surface area contributed by atoms with Gasteiger partial charge in [0.25, 0.3) is 0 Å². The molecule has 0 saturated carbocycles. The van der Waals surface area contributed by atoms with E-state index in [1.165, 1.54) is 76.8 Å². The van der Waals surface area contributed by atoms with Gasteiger partial charge in [-0.05, 0) is 179 Å². The monoisotopic (exact) mass is 809 g/mol. The molecule has 63 heavy (non-hydrogen) atoms. The number of hydrogen-bond acceptors (Lipinski definition) is 1. The smallest absolute Gasteiger partial charge is 0.0387 e. The number of nitrogens with two attached hydrogens (primary N) is 1. The number of benzene rings is 8. The van der Waals surface area contributed by atoms with Crippen molar-refractivity contribution < 1.29 is 0 Å². The van der Waals surface area contributed by atoms with Crippen LogP contribution in [0.4, 0.5) is 5.69 Å². The molecule has 0 fully saturated rings. The maximum Gasteiger partial charge on any atom is 0.0387 e. The van der Waals surface area contributed by atoms with Gasteiger partial charge in [-0.25, -0.2) is 0 Å². The lowest BCUT2D eigenvalue weighted by Gasteiger charge is -2.20. The highest BCUT2D eigenvalue weighted by atomic mass is 14.5. The lowest BCUT2D eigenvalue weighted by atomic mass is 9.84. The van der Waals surface area contributed by atoms with Gasteiger partial charge in [-0.3, -0.25) is 0 Å². The van der Waals surface area contributed by atoms with Gasteiger partial charge in [0.15, 0.2) is 0 Å². The van der Waals surface area contributed by atoms with E-state index in [1.807, 2.05) is 37.3 Å². The zero-order chi connectivity index (χ0) is 43.5. The Balaban J connectivity index is 1.22. The number of hydrogen-bond donors (Lipinski definition) is 1.